The van der Waals surface area contributed by atoms with Crippen molar-refractivity contribution in [3.63, 3.8) is 0 Å². The van der Waals surface area contributed by atoms with E-state index in [9.17, 15) is 10.2 Å². The average molecular weight is 246 g/mol. The molecule has 4 N–H and O–H groups in total. The molecule has 2 atom stereocenters. The third kappa shape index (κ3) is 1.62. The summed E-state index contributed by atoms with van der Waals surface area (Å²) in [6, 6.07) is 4.82. The molecule has 0 heterocycles. The quantitative estimate of drug-likeness (QED) is 0.654. The lowest BCUT2D eigenvalue weighted by molar-refractivity contribution is 0.173. The summed E-state index contributed by atoms with van der Waals surface area (Å²) >= 11 is 11.6. The summed E-state index contributed by atoms with van der Waals surface area (Å²) in [4.78, 5) is 0. The molecule has 0 aromatic heterocycles. The van der Waals surface area contributed by atoms with Crippen LogP contribution in [0.2, 0.25) is 5.02 Å². The maximum absolute atomic E-state index is 9.81. The van der Waals surface area contributed by atoms with Gasteiger partial charge in [-0.3, -0.25) is 0 Å². The van der Waals surface area contributed by atoms with Crippen molar-refractivity contribution in [2.75, 3.05) is 0 Å². The van der Waals surface area contributed by atoms with Crippen molar-refractivity contribution < 1.29 is 10.2 Å². The summed E-state index contributed by atoms with van der Waals surface area (Å²) in [5.74, 6) is 0. The van der Waals surface area contributed by atoms with Crippen molar-refractivity contribution in [2.24, 2.45) is 5.73 Å². The molecule has 80 valence electrons. The third-order valence-corrected chi connectivity index (χ3v) is 3.11. The molecule has 0 amide bonds. The van der Waals surface area contributed by atoms with Crippen LogP contribution in [-0.2, 0) is 0 Å². The van der Waals surface area contributed by atoms with Crippen LogP contribution in [0.25, 0.3) is 0 Å². The van der Waals surface area contributed by atoms with Crippen LogP contribution in [0, 0.1) is 0 Å². The molecule has 2 rings (SSSR count). The highest BCUT2D eigenvalue weighted by atomic mass is 35.5. The molecule has 1 aliphatic rings. The van der Waals surface area contributed by atoms with Gasteiger partial charge in [0.25, 0.3) is 0 Å². The number of hydrogen-bond donors (Lipinski definition) is 3. The molecule has 5 heteroatoms. The SMILES string of the molecule is NC1=C(Cl)C(O)c2ccc(Cl)cc2C1O. The second kappa shape index (κ2) is 3.68. The van der Waals surface area contributed by atoms with Crippen LogP contribution >= 0.6 is 23.2 Å². The molecule has 0 fully saturated rings. The molecule has 0 bridgehead atoms. The molecule has 2 unspecified atom stereocenters. The van der Waals surface area contributed by atoms with E-state index in [0.717, 1.165) is 0 Å². The summed E-state index contributed by atoms with van der Waals surface area (Å²) in [6.45, 7) is 0. The van der Waals surface area contributed by atoms with Gasteiger partial charge in [-0.05, 0) is 23.3 Å². The summed E-state index contributed by atoms with van der Waals surface area (Å²) in [6.07, 6.45) is -1.99. The number of rotatable bonds is 0. The number of halogens is 2. The zero-order chi connectivity index (χ0) is 11.2. The van der Waals surface area contributed by atoms with E-state index in [1.165, 1.54) is 0 Å². The Morgan fingerprint density at radius 3 is 2.40 bits per heavy atom. The molecule has 1 aromatic rings. The van der Waals surface area contributed by atoms with Gasteiger partial charge in [0.2, 0.25) is 0 Å². The maximum Gasteiger partial charge on any atom is 0.120 e. The van der Waals surface area contributed by atoms with E-state index in [1.54, 1.807) is 18.2 Å². The fourth-order valence-electron chi connectivity index (χ4n) is 1.62. The van der Waals surface area contributed by atoms with Gasteiger partial charge in [0.1, 0.15) is 12.2 Å². The van der Waals surface area contributed by atoms with Crippen molar-refractivity contribution >= 4 is 23.2 Å². The van der Waals surface area contributed by atoms with Crippen LogP contribution in [0.15, 0.2) is 28.9 Å². The minimum Gasteiger partial charge on any atom is -0.399 e. The topological polar surface area (TPSA) is 66.5 Å². The molecule has 0 radical (unpaired) electrons. The van der Waals surface area contributed by atoms with E-state index in [2.05, 4.69) is 0 Å². The van der Waals surface area contributed by atoms with Crippen LogP contribution in [0.3, 0.4) is 0 Å². The van der Waals surface area contributed by atoms with Gasteiger partial charge in [-0.25, -0.2) is 0 Å². The van der Waals surface area contributed by atoms with Crippen molar-refractivity contribution in [2.45, 2.75) is 12.2 Å². The van der Waals surface area contributed by atoms with Crippen molar-refractivity contribution in [1.82, 2.24) is 0 Å². The molecule has 1 aliphatic carbocycles. The first-order valence-electron chi connectivity index (χ1n) is 4.33. The Kier molecular flexibility index (Phi) is 2.64. The maximum atomic E-state index is 9.81. The van der Waals surface area contributed by atoms with Gasteiger partial charge in [0.05, 0.1) is 10.7 Å². The Bertz CT molecular complexity index is 445. The monoisotopic (exact) mass is 245 g/mol. The van der Waals surface area contributed by atoms with Crippen LogP contribution < -0.4 is 5.73 Å². The fourth-order valence-corrected chi connectivity index (χ4v) is 2.03. The van der Waals surface area contributed by atoms with E-state index in [0.29, 0.717) is 16.1 Å². The van der Waals surface area contributed by atoms with Gasteiger partial charge in [0, 0.05) is 5.02 Å². The Morgan fingerprint density at radius 1 is 1.07 bits per heavy atom. The summed E-state index contributed by atoms with van der Waals surface area (Å²) in [7, 11) is 0. The van der Waals surface area contributed by atoms with Crippen LogP contribution in [0.4, 0.5) is 0 Å². The molecule has 1 aromatic carbocycles. The first kappa shape index (κ1) is 10.8. The summed E-state index contributed by atoms with van der Waals surface area (Å²) in [5.41, 5.74) is 6.67. The normalized spacial score (nSPS) is 25.3. The van der Waals surface area contributed by atoms with Gasteiger partial charge in [-0.2, -0.15) is 0 Å². The van der Waals surface area contributed by atoms with Crippen molar-refractivity contribution in [1.29, 1.82) is 0 Å². The minimum absolute atomic E-state index is 0.0670. The highest BCUT2D eigenvalue weighted by molar-refractivity contribution is 6.31. The number of benzene rings is 1. The molecule has 0 spiro atoms. The number of nitrogens with two attached hydrogens (primary N) is 1. The first-order chi connectivity index (χ1) is 7.02. The largest absolute Gasteiger partial charge is 0.399 e. The lowest BCUT2D eigenvalue weighted by atomic mass is 9.90. The molecule has 0 saturated heterocycles. The Balaban J connectivity index is 2.62. The summed E-state index contributed by atoms with van der Waals surface area (Å²) in [5, 5.41) is 20.1. The van der Waals surface area contributed by atoms with E-state index in [-0.39, 0.29) is 10.7 Å². The molecular formula is C10H9Cl2NO2. The smallest absolute Gasteiger partial charge is 0.120 e. The molecule has 3 nitrogen and oxygen atoms in total. The zero-order valence-corrected chi connectivity index (χ0v) is 9.13. The second-order valence-electron chi connectivity index (χ2n) is 3.38. The van der Waals surface area contributed by atoms with Crippen molar-refractivity contribution in [3.8, 4) is 0 Å². The van der Waals surface area contributed by atoms with Crippen LogP contribution in [-0.4, -0.2) is 10.2 Å². The van der Waals surface area contributed by atoms with Gasteiger partial charge < -0.3 is 15.9 Å². The molecule has 15 heavy (non-hydrogen) atoms. The van der Waals surface area contributed by atoms with Gasteiger partial charge in [-0.1, -0.05) is 29.3 Å². The number of hydrogen-bond acceptors (Lipinski definition) is 3. The second-order valence-corrected chi connectivity index (χ2v) is 4.23. The van der Waals surface area contributed by atoms with Gasteiger partial charge >= 0.3 is 0 Å². The first-order valence-corrected chi connectivity index (χ1v) is 5.08. The van der Waals surface area contributed by atoms with Crippen molar-refractivity contribution in [3.05, 3.63) is 45.1 Å². The van der Waals surface area contributed by atoms with E-state index >= 15 is 0 Å². The van der Waals surface area contributed by atoms with Crippen LogP contribution in [0.1, 0.15) is 23.3 Å². The number of aliphatic hydroxyl groups excluding tert-OH is 2. The highest BCUT2D eigenvalue weighted by Gasteiger charge is 2.30. The van der Waals surface area contributed by atoms with E-state index < -0.39 is 12.2 Å². The van der Waals surface area contributed by atoms with Crippen LogP contribution in [0.5, 0.6) is 0 Å². The standard InChI is InChI=1S/C10H9Cl2NO2/c11-4-1-2-5-6(3-4)10(15)8(13)7(12)9(5)14/h1-3,9-10,14-15H,13H2. The van der Waals surface area contributed by atoms with E-state index in [4.69, 9.17) is 28.9 Å². The Hall–Kier alpha value is -0.740. The summed E-state index contributed by atoms with van der Waals surface area (Å²) < 4.78 is 0. The zero-order valence-electron chi connectivity index (χ0n) is 7.61. The molecule has 0 saturated carbocycles. The van der Waals surface area contributed by atoms with Gasteiger partial charge in [-0.15, -0.1) is 0 Å². The minimum atomic E-state index is -1.01. The highest BCUT2D eigenvalue weighted by Crippen LogP contribution is 2.40. The lowest BCUT2D eigenvalue weighted by Gasteiger charge is -2.26. The van der Waals surface area contributed by atoms with E-state index in [1.807, 2.05) is 0 Å². The predicted molar refractivity (Wildman–Crippen MR) is 58.4 cm³/mol. The molecule has 0 aliphatic heterocycles. The average Bonchev–Trinajstić information content (AvgIpc) is 2.23. The number of aliphatic hydroxyl groups is 2. The lowest BCUT2D eigenvalue weighted by Crippen LogP contribution is -2.21. The Labute approximate surface area is 96.7 Å². The predicted octanol–water partition coefficient (Wildman–Crippen LogP) is 1.83. The number of fused-ring (bicyclic) bond motifs is 1. The van der Waals surface area contributed by atoms with Gasteiger partial charge in [0.15, 0.2) is 0 Å². The Morgan fingerprint density at radius 2 is 1.73 bits per heavy atom. The fraction of sp³-hybridized carbons (Fsp3) is 0.200. The molecular weight excluding hydrogens is 237 g/mol. The third-order valence-electron chi connectivity index (χ3n) is 2.45.